The van der Waals surface area contributed by atoms with Gasteiger partial charge in [0.15, 0.2) is 11.5 Å². The van der Waals surface area contributed by atoms with Crippen LogP contribution in [-0.2, 0) is 4.74 Å². The van der Waals surface area contributed by atoms with E-state index in [0.29, 0.717) is 23.8 Å². The van der Waals surface area contributed by atoms with Crippen LogP contribution in [0.4, 0.5) is 0 Å². The molecule has 2 heterocycles. The number of nitrogens with zero attached hydrogens (tertiary/aromatic N) is 2. The highest BCUT2D eigenvalue weighted by molar-refractivity contribution is 8.04. The van der Waals surface area contributed by atoms with Crippen LogP contribution in [0.3, 0.4) is 0 Å². The van der Waals surface area contributed by atoms with Gasteiger partial charge in [0, 0.05) is 42.4 Å². The molecule has 7 heteroatoms. The Morgan fingerprint density at radius 2 is 2.06 bits per heavy atom. The molecule has 0 bridgehead atoms. The molecule has 3 aliphatic rings. The van der Waals surface area contributed by atoms with Crippen LogP contribution >= 0.6 is 11.8 Å². The number of hydrogen-bond donors (Lipinski definition) is 1. The monoisotopic (exact) mass is 457 g/mol. The molecule has 3 atom stereocenters. The maximum atomic E-state index is 10.2. The molecule has 0 spiro atoms. The van der Waals surface area contributed by atoms with Gasteiger partial charge in [-0.05, 0) is 37.5 Å². The Bertz CT molecular complexity index is 876. The number of rotatable bonds is 7. The molecule has 2 fully saturated rings. The molecule has 0 amide bonds. The van der Waals surface area contributed by atoms with Gasteiger partial charge in [0.05, 0.1) is 32.6 Å². The van der Waals surface area contributed by atoms with Crippen LogP contribution in [0, 0.1) is 11.3 Å². The second-order valence-corrected chi connectivity index (χ2v) is 10.3. The third kappa shape index (κ3) is 5.03. The highest BCUT2D eigenvalue weighted by Crippen LogP contribution is 2.47. The number of thioether (sulfide) groups is 1. The first kappa shape index (κ1) is 23.3. The average Bonchev–Trinajstić information content (AvgIpc) is 2.82. The van der Waals surface area contributed by atoms with E-state index in [9.17, 15) is 5.26 Å². The Morgan fingerprint density at radius 1 is 1.28 bits per heavy atom. The van der Waals surface area contributed by atoms with Gasteiger partial charge in [-0.25, -0.2) is 0 Å². The smallest absolute Gasteiger partial charge is 0.161 e. The molecule has 174 valence electrons. The van der Waals surface area contributed by atoms with Crippen LogP contribution < -0.4 is 14.8 Å². The zero-order valence-electron chi connectivity index (χ0n) is 19.5. The van der Waals surface area contributed by atoms with Gasteiger partial charge in [0.25, 0.3) is 0 Å². The van der Waals surface area contributed by atoms with E-state index in [-0.39, 0.29) is 0 Å². The molecule has 2 aliphatic heterocycles. The summed E-state index contributed by atoms with van der Waals surface area (Å²) in [5.74, 6) is 1.97. The lowest BCUT2D eigenvalue weighted by Gasteiger charge is -2.40. The number of methoxy groups -OCH3 is 1. The number of hydrogen-bond acceptors (Lipinski definition) is 7. The molecule has 1 aliphatic carbocycles. The minimum Gasteiger partial charge on any atom is -0.493 e. The molecule has 4 rings (SSSR count). The molecule has 1 aromatic rings. The summed E-state index contributed by atoms with van der Waals surface area (Å²) in [6, 6.07) is 7.12. The molecule has 32 heavy (non-hydrogen) atoms. The number of nitriles is 1. The van der Waals surface area contributed by atoms with Crippen LogP contribution in [-0.4, -0.2) is 62.8 Å². The van der Waals surface area contributed by atoms with Crippen LogP contribution in [0.1, 0.15) is 56.6 Å². The van der Waals surface area contributed by atoms with E-state index in [4.69, 9.17) is 14.2 Å². The Morgan fingerprint density at radius 3 is 2.78 bits per heavy atom. The number of nitrogens with one attached hydrogen (secondary N) is 1. The summed E-state index contributed by atoms with van der Waals surface area (Å²) in [4.78, 5) is 3.19. The van der Waals surface area contributed by atoms with Gasteiger partial charge >= 0.3 is 0 Å². The minimum absolute atomic E-state index is 0.314. The zero-order valence-corrected chi connectivity index (χ0v) is 20.3. The SMILES string of the molecule is CCOc1cc2c(cc1OC)C(=C(C#N)SC(C)CN1CCOCC1)N[C@@H]1CCCC[C@H]21. The van der Waals surface area contributed by atoms with E-state index in [0.717, 1.165) is 73.4 Å². The molecule has 1 N–H and O–H groups in total. The third-order valence-corrected chi connectivity index (χ3v) is 7.75. The topological polar surface area (TPSA) is 66.8 Å². The van der Waals surface area contributed by atoms with Crippen molar-refractivity contribution in [2.75, 3.05) is 46.6 Å². The van der Waals surface area contributed by atoms with Gasteiger partial charge in [0.2, 0.25) is 0 Å². The van der Waals surface area contributed by atoms with E-state index in [1.165, 1.54) is 18.4 Å². The fourth-order valence-corrected chi connectivity index (χ4v) is 6.21. The first-order valence-corrected chi connectivity index (χ1v) is 12.7. The number of allylic oxidation sites excluding steroid dienone is 1. The quantitative estimate of drug-likeness (QED) is 0.610. The highest BCUT2D eigenvalue weighted by atomic mass is 32.2. The van der Waals surface area contributed by atoms with Gasteiger partial charge in [-0.15, -0.1) is 11.8 Å². The van der Waals surface area contributed by atoms with Gasteiger partial charge in [-0.2, -0.15) is 5.26 Å². The van der Waals surface area contributed by atoms with E-state index in [2.05, 4.69) is 35.3 Å². The van der Waals surface area contributed by atoms with Crippen molar-refractivity contribution >= 4 is 17.5 Å². The summed E-state index contributed by atoms with van der Waals surface area (Å²) in [5.41, 5.74) is 3.35. The largest absolute Gasteiger partial charge is 0.493 e. The summed E-state index contributed by atoms with van der Waals surface area (Å²) in [6.45, 7) is 9.28. The third-order valence-electron chi connectivity index (χ3n) is 6.67. The second kappa shape index (κ2) is 10.8. The van der Waals surface area contributed by atoms with Crippen molar-refractivity contribution in [1.29, 1.82) is 5.26 Å². The van der Waals surface area contributed by atoms with Crippen molar-refractivity contribution in [2.24, 2.45) is 0 Å². The number of morpholine rings is 1. The van der Waals surface area contributed by atoms with Crippen LogP contribution in [0.5, 0.6) is 11.5 Å². The summed E-state index contributed by atoms with van der Waals surface area (Å²) < 4.78 is 17.0. The fraction of sp³-hybridized carbons (Fsp3) is 0.640. The van der Waals surface area contributed by atoms with Crippen LogP contribution in [0.15, 0.2) is 17.0 Å². The predicted molar refractivity (Wildman–Crippen MR) is 129 cm³/mol. The first-order chi connectivity index (χ1) is 15.6. The van der Waals surface area contributed by atoms with Gasteiger partial charge in [-0.3, -0.25) is 4.90 Å². The maximum Gasteiger partial charge on any atom is 0.161 e. The molecule has 1 saturated heterocycles. The Balaban J connectivity index is 1.68. The summed E-state index contributed by atoms with van der Waals surface area (Å²) in [7, 11) is 1.68. The van der Waals surface area contributed by atoms with Crippen LogP contribution in [0.2, 0.25) is 0 Å². The molecule has 0 aromatic heterocycles. The number of ether oxygens (including phenoxy) is 3. The molecular weight excluding hydrogens is 422 g/mol. The average molecular weight is 458 g/mol. The van der Waals surface area contributed by atoms with Gasteiger partial charge in [-0.1, -0.05) is 19.8 Å². The van der Waals surface area contributed by atoms with E-state index >= 15 is 0 Å². The lowest BCUT2D eigenvalue weighted by molar-refractivity contribution is 0.0386. The lowest BCUT2D eigenvalue weighted by atomic mass is 9.75. The Labute approximate surface area is 196 Å². The van der Waals surface area contributed by atoms with Crippen molar-refractivity contribution < 1.29 is 14.2 Å². The predicted octanol–water partition coefficient (Wildman–Crippen LogP) is 4.37. The zero-order chi connectivity index (χ0) is 22.5. The standard InChI is InChI=1S/C25H35N3O3S/c1-4-31-23-13-19-18-7-5-6-8-21(18)27-25(20(19)14-22(23)29-3)24(15-26)32-17(2)16-28-9-11-30-12-10-28/h13-14,17-18,21,27H,4-12,16H2,1-3H3/t17?,18-,21-/m1/s1. The van der Waals surface area contributed by atoms with E-state index < -0.39 is 0 Å². The van der Waals surface area contributed by atoms with Gasteiger partial charge < -0.3 is 19.5 Å². The number of benzene rings is 1. The van der Waals surface area contributed by atoms with Gasteiger partial charge in [0.1, 0.15) is 11.0 Å². The van der Waals surface area contributed by atoms with Crippen molar-refractivity contribution in [1.82, 2.24) is 10.2 Å². The van der Waals surface area contributed by atoms with Crippen molar-refractivity contribution in [2.45, 2.75) is 56.7 Å². The summed E-state index contributed by atoms with van der Waals surface area (Å²) >= 11 is 1.68. The van der Waals surface area contributed by atoms with Crippen molar-refractivity contribution in [3.05, 3.63) is 28.2 Å². The molecule has 6 nitrogen and oxygen atoms in total. The lowest BCUT2D eigenvalue weighted by Crippen LogP contribution is -2.41. The van der Waals surface area contributed by atoms with Crippen molar-refractivity contribution in [3.63, 3.8) is 0 Å². The molecule has 1 aromatic carbocycles. The Hall–Kier alpha value is -1.88. The minimum atomic E-state index is 0.314. The second-order valence-electron chi connectivity index (χ2n) is 8.82. The molecule has 1 saturated carbocycles. The molecular formula is C25H35N3O3S. The number of fused-ring (bicyclic) bond motifs is 3. The fourth-order valence-electron chi connectivity index (χ4n) is 5.18. The van der Waals surface area contributed by atoms with Crippen molar-refractivity contribution in [3.8, 4) is 17.6 Å². The first-order valence-electron chi connectivity index (χ1n) is 11.9. The normalized spacial score (nSPS) is 25.6. The maximum absolute atomic E-state index is 10.2. The Kier molecular flexibility index (Phi) is 7.88. The van der Waals surface area contributed by atoms with Crippen LogP contribution in [0.25, 0.3) is 5.70 Å². The molecule has 0 radical (unpaired) electrons. The van der Waals surface area contributed by atoms with E-state index in [1.54, 1.807) is 18.9 Å². The summed E-state index contributed by atoms with van der Waals surface area (Å²) in [6.07, 6.45) is 4.77. The molecule has 1 unspecified atom stereocenters. The summed E-state index contributed by atoms with van der Waals surface area (Å²) in [5, 5.41) is 14.3. The van der Waals surface area contributed by atoms with E-state index in [1.807, 2.05) is 6.92 Å². The highest BCUT2D eigenvalue weighted by Gasteiger charge is 2.36.